The highest BCUT2D eigenvalue weighted by molar-refractivity contribution is 5.38. The third kappa shape index (κ3) is 5.98. The Labute approximate surface area is 191 Å². The van der Waals surface area contributed by atoms with E-state index in [4.69, 9.17) is 10.5 Å². The van der Waals surface area contributed by atoms with Gasteiger partial charge < -0.3 is 20.9 Å². The molecule has 4 rings (SSSR count). The number of rotatable bonds is 9. The summed E-state index contributed by atoms with van der Waals surface area (Å²) in [6, 6.07) is 25.1. The van der Waals surface area contributed by atoms with Gasteiger partial charge in [-0.2, -0.15) is 0 Å². The Morgan fingerprint density at radius 2 is 1.81 bits per heavy atom. The summed E-state index contributed by atoms with van der Waals surface area (Å²) >= 11 is 0. The first-order valence-electron chi connectivity index (χ1n) is 11.7. The molecule has 0 bridgehead atoms. The summed E-state index contributed by atoms with van der Waals surface area (Å²) in [5.74, 6) is 1.29. The van der Waals surface area contributed by atoms with Gasteiger partial charge in [-0.1, -0.05) is 60.7 Å². The Morgan fingerprint density at radius 1 is 1.00 bits per heavy atom. The fraction of sp³-hybridized carbons (Fsp3) is 0.357. The Morgan fingerprint density at radius 3 is 2.66 bits per heavy atom. The maximum absolute atomic E-state index is 10.3. The van der Waals surface area contributed by atoms with Crippen LogP contribution in [0.2, 0.25) is 0 Å². The minimum Gasteiger partial charge on any atom is -0.491 e. The topological polar surface area (TPSA) is 67.5 Å². The van der Waals surface area contributed by atoms with Crippen LogP contribution in [-0.4, -0.2) is 24.4 Å². The first-order chi connectivity index (χ1) is 15.7. The standard InChI is InChI=1S/C28H34N2O2/c29-17-21-13-14-22-8-6-9-23(16-25(22)15-21)28-12-5-4-7-24(28)18-30-19-26(31)20-32-27-10-2-1-3-11-27/h1-5,7,10-15,23,26,30-31H,6,8-9,16-20,29H2/t23?,26-/m0/s1. The predicted octanol–water partition coefficient (Wildman–Crippen LogP) is 4.34. The predicted molar refractivity (Wildman–Crippen MR) is 130 cm³/mol. The van der Waals surface area contributed by atoms with Crippen LogP contribution in [0.25, 0.3) is 0 Å². The van der Waals surface area contributed by atoms with Gasteiger partial charge in [-0.05, 0) is 71.6 Å². The van der Waals surface area contributed by atoms with Crippen molar-refractivity contribution in [1.29, 1.82) is 0 Å². The molecular weight excluding hydrogens is 396 g/mol. The molecule has 0 fully saturated rings. The van der Waals surface area contributed by atoms with E-state index in [1.165, 1.54) is 40.7 Å². The minimum absolute atomic E-state index is 0.279. The van der Waals surface area contributed by atoms with Gasteiger partial charge in [-0.15, -0.1) is 0 Å². The van der Waals surface area contributed by atoms with Crippen LogP contribution in [0.3, 0.4) is 0 Å². The molecule has 0 amide bonds. The summed E-state index contributed by atoms with van der Waals surface area (Å²) in [6.07, 6.45) is 4.05. The van der Waals surface area contributed by atoms with Crippen molar-refractivity contribution < 1.29 is 9.84 Å². The number of aliphatic hydroxyl groups excluding tert-OH is 1. The van der Waals surface area contributed by atoms with Gasteiger partial charge in [0.15, 0.2) is 0 Å². The zero-order valence-electron chi connectivity index (χ0n) is 18.7. The zero-order valence-corrected chi connectivity index (χ0v) is 18.7. The lowest BCUT2D eigenvalue weighted by Gasteiger charge is -2.20. The molecule has 4 nitrogen and oxygen atoms in total. The molecule has 0 radical (unpaired) electrons. The molecule has 4 heteroatoms. The highest BCUT2D eigenvalue weighted by Crippen LogP contribution is 2.33. The number of hydrogen-bond donors (Lipinski definition) is 3. The van der Waals surface area contributed by atoms with Crippen LogP contribution in [0.15, 0.2) is 72.8 Å². The lowest BCUT2D eigenvalue weighted by molar-refractivity contribution is 0.106. The summed E-state index contributed by atoms with van der Waals surface area (Å²) < 4.78 is 5.66. The van der Waals surface area contributed by atoms with Crippen molar-refractivity contribution in [2.45, 2.75) is 50.8 Å². The Hall–Kier alpha value is -2.66. The maximum atomic E-state index is 10.3. The molecule has 32 heavy (non-hydrogen) atoms. The van der Waals surface area contributed by atoms with Crippen LogP contribution in [0.1, 0.15) is 46.6 Å². The lowest BCUT2D eigenvalue weighted by atomic mass is 9.86. The van der Waals surface area contributed by atoms with E-state index in [-0.39, 0.29) is 6.61 Å². The van der Waals surface area contributed by atoms with Crippen molar-refractivity contribution in [3.05, 3.63) is 101 Å². The number of aliphatic hydroxyl groups is 1. The SMILES string of the molecule is NCc1ccc2c(c1)CC(c1ccccc1CNC[C@H](O)COc1ccccc1)CCC2. The van der Waals surface area contributed by atoms with Crippen molar-refractivity contribution in [1.82, 2.24) is 5.32 Å². The Kier molecular flexibility index (Phi) is 7.94. The molecule has 0 saturated carbocycles. The number of benzene rings is 3. The molecule has 0 saturated heterocycles. The summed E-state index contributed by atoms with van der Waals surface area (Å²) in [5, 5.41) is 13.7. The van der Waals surface area contributed by atoms with Gasteiger partial charge in [0.05, 0.1) is 0 Å². The molecule has 0 aromatic heterocycles. The van der Waals surface area contributed by atoms with E-state index in [1.54, 1.807) is 0 Å². The van der Waals surface area contributed by atoms with Gasteiger partial charge in [0.2, 0.25) is 0 Å². The van der Waals surface area contributed by atoms with Gasteiger partial charge in [0.25, 0.3) is 0 Å². The fourth-order valence-corrected chi connectivity index (χ4v) is 4.65. The first kappa shape index (κ1) is 22.5. The Bertz CT molecular complexity index is 990. The van der Waals surface area contributed by atoms with E-state index in [2.05, 4.69) is 47.8 Å². The Balaban J connectivity index is 1.36. The molecule has 0 heterocycles. The van der Waals surface area contributed by atoms with Crippen molar-refractivity contribution in [2.24, 2.45) is 5.73 Å². The quantitative estimate of drug-likeness (QED) is 0.442. The van der Waals surface area contributed by atoms with Crippen LogP contribution >= 0.6 is 0 Å². The number of para-hydroxylation sites is 1. The van der Waals surface area contributed by atoms with E-state index in [1.807, 2.05) is 30.3 Å². The van der Waals surface area contributed by atoms with E-state index < -0.39 is 6.10 Å². The highest BCUT2D eigenvalue weighted by atomic mass is 16.5. The molecule has 1 aliphatic carbocycles. The van der Waals surface area contributed by atoms with Crippen molar-refractivity contribution in [3.63, 3.8) is 0 Å². The molecule has 3 aromatic carbocycles. The highest BCUT2D eigenvalue weighted by Gasteiger charge is 2.20. The van der Waals surface area contributed by atoms with Crippen LogP contribution in [0.5, 0.6) is 5.75 Å². The third-order valence-electron chi connectivity index (χ3n) is 6.35. The van der Waals surface area contributed by atoms with E-state index in [0.717, 1.165) is 25.1 Å². The van der Waals surface area contributed by atoms with Crippen molar-refractivity contribution >= 4 is 0 Å². The number of fused-ring (bicyclic) bond motifs is 1. The zero-order chi connectivity index (χ0) is 22.2. The van der Waals surface area contributed by atoms with Crippen LogP contribution < -0.4 is 15.8 Å². The summed E-state index contributed by atoms with van der Waals surface area (Å²) in [4.78, 5) is 0. The molecule has 1 aliphatic rings. The summed E-state index contributed by atoms with van der Waals surface area (Å²) in [5.41, 5.74) is 12.8. The van der Waals surface area contributed by atoms with Gasteiger partial charge in [0.1, 0.15) is 18.5 Å². The number of nitrogens with one attached hydrogen (secondary N) is 1. The second-order valence-corrected chi connectivity index (χ2v) is 8.71. The third-order valence-corrected chi connectivity index (χ3v) is 6.35. The summed E-state index contributed by atoms with van der Waals surface area (Å²) in [6.45, 7) is 2.11. The van der Waals surface area contributed by atoms with E-state index >= 15 is 0 Å². The molecule has 3 aromatic rings. The van der Waals surface area contributed by atoms with E-state index in [0.29, 0.717) is 19.0 Å². The monoisotopic (exact) mass is 430 g/mol. The van der Waals surface area contributed by atoms with Crippen LogP contribution in [0.4, 0.5) is 0 Å². The molecular formula is C28H34N2O2. The first-order valence-corrected chi connectivity index (χ1v) is 11.7. The van der Waals surface area contributed by atoms with Crippen molar-refractivity contribution in [2.75, 3.05) is 13.2 Å². The number of ether oxygens (including phenoxy) is 1. The van der Waals surface area contributed by atoms with Crippen molar-refractivity contribution in [3.8, 4) is 5.75 Å². The average Bonchev–Trinajstić information content (AvgIpc) is 3.05. The maximum Gasteiger partial charge on any atom is 0.119 e. The molecule has 0 aliphatic heterocycles. The molecule has 168 valence electrons. The molecule has 2 atom stereocenters. The van der Waals surface area contributed by atoms with Gasteiger partial charge >= 0.3 is 0 Å². The molecule has 4 N–H and O–H groups in total. The van der Waals surface area contributed by atoms with Gasteiger partial charge in [0, 0.05) is 19.6 Å². The fourth-order valence-electron chi connectivity index (χ4n) is 4.65. The average molecular weight is 431 g/mol. The second kappa shape index (κ2) is 11.3. The number of nitrogens with two attached hydrogens (primary N) is 1. The number of hydrogen-bond acceptors (Lipinski definition) is 4. The van der Waals surface area contributed by atoms with Gasteiger partial charge in [-0.25, -0.2) is 0 Å². The van der Waals surface area contributed by atoms with Crippen LogP contribution in [0, 0.1) is 0 Å². The number of aryl methyl sites for hydroxylation is 1. The molecule has 1 unspecified atom stereocenters. The minimum atomic E-state index is -0.554. The van der Waals surface area contributed by atoms with E-state index in [9.17, 15) is 5.11 Å². The van der Waals surface area contributed by atoms with Crippen LogP contribution in [-0.2, 0) is 25.9 Å². The normalized spacial score (nSPS) is 16.8. The van der Waals surface area contributed by atoms with Gasteiger partial charge in [-0.3, -0.25) is 0 Å². The largest absolute Gasteiger partial charge is 0.491 e. The smallest absolute Gasteiger partial charge is 0.119 e. The summed E-state index contributed by atoms with van der Waals surface area (Å²) in [7, 11) is 0. The lowest BCUT2D eigenvalue weighted by Crippen LogP contribution is -2.31. The molecule has 0 spiro atoms. The second-order valence-electron chi connectivity index (χ2n) is 8.71.